The summed E-state index contributed by atoms with van der Waals surface area (Å²) in [5.41, 5.74) is 0.817. The Hall–Kier alpha value is -2.90. The van der Waals surface area contributed by atoms with Crippen LogP contribution in [0.5, 0.6) is 0 Å². The third kappa shape index (κ3) is 8.50. The third-order valence-corrected chi connectivity index (χ3v) is 2.97. The Morgan fingerprint density at radius 3 is 2.28 bits per heavy atom. The Kier molecular flexibility index (Phi) is 8.11. The minimum atomic E-state index is -1.16. The minimum absolute atomic E-state index is 0.134. The van der Waals surface area contributed by atoms with Crippen molar-refractivity contribution in [2.75, 3.05) is 6.54 Å². The molecule has 136 valence electrons. The Balaban J connectivity index is 2.31. The van der Waals surface area contributed by atoms with Crippen molar-refractivity contribution in [1.82, 2.24) is 16.0 Å². The quantitative estimate of drug-likeness (QED) is 0.621. The molecule has 0 aliphatic heterocycles. The lowest BCUT2D eigenvalue weighted by molar-refractivity contribution is -0.154. The molecule has 0 fully saturated rings. The highest BCUT2D eigenvalue weighted by Gasteiger charge is 2.20. The number of carbonyl (C=O) groups is 4. The van der Waals surface area contributed by atoms with Crippen molar-refractivity contribution in [3.8, 4) is 0 Å². The molecule has 3 N–H and O–H groups in total. The first-order valence-electron chi connectivity index (χ1n) is 7.89. The van der Waals surface area contributed by atoms with E-state index in [9.17, 15) is 19.2 Å². The van der Waals surface area contributed by atoms with E-state index in [1.165, 1.54) is 6.92 Å². The molecule has 25 heavy (non-hydrogen) atoms. The number of carbonyl (C=O) groups excluding carboxylic acids is 4. The van der Waals surface area contributed by atoms with Crippen LogP contribution in [-0.2, 0) is 25.5 Å². The van der Waals surface area contributed by atoms with Gasteiger partial charge in [0.1, 0.15) is 6.54 Å². The Morgan fingerprint density at radius 1 is 1.04 bits per heavy atom. The first kappa shape index (κ1) is 20.1. The van der Waals surface area contributed by atoms with Crippen molar-refractivity contribution >= 4 is 23.8 Å². The van der Waals surface area contributed by atoms with E-state index in [1.807, 2.05) is 18.2 Å². The van der Waals surface area contributed by atoms with Gasteiger partial charge in [0.2, 0.25) is 5.91 Å². The lowest BCUT2D eigenvalue weighted by Gasteiger charge is -2.14. The molecule has 0 radical (unpaired) electrons. The second kappa shape index (κ2) is 10.1. The molecule has 4 amide bonds. The van der Waals surface area contributed by atoms with Crippen LogP contribution in [0.3, 0.4) is 0 Å². The Morgan fingerprint density at radius 2 is 1.68 bits per heavy atom. The van der Waals surface area contributed by atoms with Gasteiger partial charge in [-0.15, -0.1) is 0 Å². The van der Waals surface area contributed by atoms with Crippen LogP contribution in [0.15, 0.2) is 30.3 Å². The predicted molar refractivity (Wildman–Crippen MR) is 90.5 cm³/mol. The summed E-state index contributed by atoms with van der Waals surface area (Å²) >= 11 is 0. The van der Waals surface area contributed by atoms with Crippen LogP contribution in [0.25, 0.3) is 0 Å². The number of benzene rings is 1. The van der Waals surface area contributed by atoms with Crippen molar-refractivity contribution in [2.45, 2.75) is 39.3 Å². The molecule has 1 atom stereocenters. The lowest BCUT2D eigenvalue weighted by atomic mass is 10.1. The van der Waals surface area contributed by atoms with Gasteiger partial charge in [-0.25, -0.2) is 4.79 Å². The number of rotatable bonds is 7. The number of hydrogen-bond donors (Lipinski definition) is 3. The summed E-state index contributed by atoms with van der Waals surface area (Å²) in [5.74, 6) is -1.85. The second-order valence-electron chi connectivity index (χ2n) is 5.69. The number of nitrogens with one attached hydrogen (secondary N) is 3. The monoisotopic (exact) mass is 349 g/mol. The second-order valence-corrected chi connectivity index (χ2v) is 5.69. The number of ether oxygens (including phenoxy) is 1. The summed E-state index contributed by atoms with van der Waals surface area (Å²) in [4.78, 5) is 46.5. The number of esters is 1. The molecule has 0 bridgehead atoms. The van der Waals surface area contributed by atoms with E-state index in [2.05, 4.69) is 16.0 Å². The van der Waals surface area contributed by atoms with Crippen LogP contribution >= 0.6 is 0 Å². The van der Waals surface area contributed by atoms with E-state index in [1.54, 1.807) is 26.0 Å². The van der Waals surface area contributed by atoms with Crippen molar-refractivity contribution in [2.24, 2.45) is 0 Å². The average Bonchev–Trinajstić information content (AvgIpc) is 2.53. The average molecular weight is 349 g/mol. The van der Waals surface area contributed by atoms with Crippen molar-refractivity contribution < 1.29 is 23.9 Å². The first-order chi connectivity index (χ1) is 11.8. The van der Waals surface area contributed by atoms with Gasteiger partial charge < -0.3 is 15.4 Å². The molecular formula is C17H23N3O5. The molecule has 1 aromatic carbocycles. The summed E-state index contributed by atoms with van der Waals surface area (Å²) in [7, 11) is 0. The van der Waals surface area contributed by atoms with Crippen LogP contribution in [-0.4, -0.2) is 42.5 Å². The standard InChI is InChI=1S/C17H23N3O5/c1-11(2)19-17(24)20-16(23)12(3)25-15(22)10-18-14(21)9-13-7-5-4-6-8-13/h4-8,11-12H,9-10H2,1-3H3,(H,18,21)(H2,19,20,23,24). The number of imide groups is 1. The van der Waals surface area contributed by atoms with Crippen molar-refractivity contribution in [1.29, 1.82) is 0 Å². The molecule has 1 rings (SSSR count). The molecule has 1 aromatic rings. The fraction of sp³-hybridized carbons (Fsp3) is 0.412. The van der Waals surface area contributed by atoms with Gasteiger partial charge in [-0.05, 0) is 26.3 Å². The fourth-order valence-corrected chi connectivity index (χ4v) is 1.82. The summed E-state index contributed by atoms with van der Waals surface area (Å²) in [5, 5.41) is 6.95. The maximum absolute atomic E-state index is 11.7. The van der Waals surface area contributed by atoms with E-state index in [0.29, 0.717) is 0 Å². The van der Waals surface area contributed by atoms with E-state index in [-0.39, 0.29) is 24.9 Å². The molecular weight excluding hydrogens is 326 g/mol. The number of urea groups is 1. The highest BCUT2D eigenvalue weighted by atomic mass is 16.5. The van der Waals surface area contributed by atoms with Crippen molar-refractivity contribution in [3.63, 3.8) is 0 Å². The van der Waals surface area contributed by atoms with Crippen LogP contribution < -0.4 is 16.0 Å². The maximum atomic E-state index is 11.7. The van der Waals surface area contributed by atoms with Gasteiger partial charge in [0.05, 0.1) is 6.42 Å². The van der Waals surface area contributed by atoms with Crippen LogP contribution in [0.2, 0.25) is 0 Å². The van der Waals surface area contributed by atoms with Gasteiger partial charge in [-0.2, -0.15) is 0 Å². The van der Waals surface area contributed by atoms with Gasteiger partial charge in [0, 0.05) is 6.04 Å². The third-order valence-electron chi connectivity index (χ3n) is 2.97. The minimum Gasteiger partial charge on any atom is -0.451 e. The van der Waals surface area contributed by atoms with Crippen molar-refractivity contribution in [3.05, 3.63) is 35.9 Å². The largest absolute Gasteiger partial charge is 0.451 e. The normalized spacial score (nSPS) is 11.4. The highest BCUT2D eigenvalue weighted by Crippen LogP contribution is 1.99. The van der Waals surface area contributed by atoms with E-state index >= 15 is 0 Å². The number of amides is 4. The molecule has 0 spiro atoms. The van der Waals surface area contributed by atoms with Gasteiger partial charge in [-0.1, -0.05) is 30.3 Å². The summed E-state index contributed by atoms with van der Waals surface area (Å²) in [6.45, 7) is 4.46. The van der Waals surface area contributed by atoms with Gasteiger partial charge >= 0.3 is 12.0 Å². The lowest BCUT2D eigenvalue weighted by Crippen LogP contribution is -2.47. The molecule has 1 unspecified atom stereocenters. The maximum Gasteiger partial charge on any atom is 0.326 e. The molecule has 8 nitrogen and oxygen atoms in total. The molecule has 8 heteroatoms. The molecule has 0 aliphatic carbocycles. The zero-order valence-corrected chi connectivity index (χ0v) is 14.5. The van der Waals surface area contributed by atoms with Crippen LogP contribution in [0.4, 0.5) is 4.79 Å². The van der Waals surface area contributed by atoms with Gasteiger partial charge in [0.15, 0.2) is 6.10 Å². The summed E-state index contributed by atoms with van der Waals surface area (Å²) in [6.07, 6.45) is -1.02. The zero-order valence-electron chi connectivity index (χ0n) is 14.5. The molecule has 0 heterocycles. The van der Waals surface area contributed by atoms with Gasteiger partial charge in [-0.3, -0.25) is 19.7 Å². The van der Waals surface area contributed by atoms with E-state index in [4.69, 9.17) is 4.74 Å². The van der Waals surface area contributed by atoms with Gasteiger partial charge in [0.25, 0.3) is 5.91 Å². The molecule has 0 aromatic heterocycles. The SMILES string of the molecule is CC(C)NC(=O)NC(=O)C(C)OC(=O)CNC(=O)Cc1ccccc1. The predicted octanol–water partition coefficient (Wildman–Crippen LogP) is 0.511. The Bertz CT molecular complexity index is 616. The fourth-order valence-electron chi connectivity index (χ4n) is 1.82. The summed E-state index contributed by atoms with van der Waals surface area (Å²) in [6, 6.07) is 8.26. The molecule has 0 saturated heterocycles. The molecule has 0 saturated carbocycles. The van der Waals surface area contributed by atoms with Crippen LogP contribution in [0, 0.1) is 0 Å². The highest BCUT2D eigenvalue weighted by molar-refractivity contribution is 5.97. The summed E-state index contributed by atoms with van der Waals surface area (Å²) < 4.78 is 4.87. The smallest absolute Gasteiger partial charge is 0.326 e. The molecule has 0 aliphatic rings. The number of hydrogen-bond acceptors (Lipinski definition) is 5. The zero-order chi connectivity index (χ0) is 18.8. The van der Waals surface area contributed by atoms with E-state index < -0.39 is 24.0 Å². The van der Waals surface area contributed by atoms with E-state index in [0.717, 1.165) is 5.56 Å². The first-order valence-corrected chi connectivity index (χ1v) is 7.89. The Labute approximate surface area is 146 Å². The van der Waals surface area contributed by atoms with Crippen LogP contribution in [0.1, 0.15) is 26.3 Å². The topological polar surface area (TPSA) is 114 Å².